The van der Waals surface area contributed by atoms with Crippen LogP contribution in [-0.2, 0) is 14.3 Å². The van der Waals surface area contributed by atoms with Gasteiger partial charge in [-0.2, -0.15) is 0 Å². The average Bonchev–Trinajstić information content (AvgIpc) is 2.46. The van der Waals surface area contributed by atoms with Crippen molar-refractivity contribution in [3.63, 3.8) is 0 Å². The Kier molecular flexibility index (Phi) is 1.20. The highest BCUT2D eigenvalue weighted by molar-refractivity contribution is 5.71. The number of hydrogen-bond acceptors (Lipinski definition) is 3. The zero-order valence-electron chi connectivity index (χ0n) is 5.76. The van der Waals surface area contributed by atoms with Crippen LogP contribution >= 0.6 is 0 Å². The maximum atomic E-state index is 10.7. The molecule has 1 atom stereocenters. The van der Waals surface area contributed by atoms with Crippen molar-refractivity contribution in [2.45, 2.75) is 31.5 Å². The van der Waals surface area contributed by atoms with Crippen LogP contribution < -0.4 is 0 Å². The van der Waals surface area contributed by atoms with Crippen LogP contribution in [0.15, 0.2) is 0 Å². The summed E-state index contributed by atoms with van der Waals surface area (Å²) in [7, 11) is 0. The van der Waals surface area contributed by atoms with Gasteiger partial charge in [-0.15, -0.1) is 0 Å². The molecule has 0 aromatic carbocycles. The van der Waals surface area contributed by atoms with E-state index in [-0.39, 0.29) is 5.97 Å². The van der Waals surface area contributed by atoms with Crippen LogP contribution in [0.2, 0.25) is 0 Å². The minimum atomic E-state index is -0.489. The topological polar surface area (TPSA) is 35.5 Å². The van der Waals surface area contributed by atoms with Crippen LogP contribution in [-0.4, -0.2) is 18.4 Å². The van der Waals surface area contributed by atoms with Gasteiger partial charge in [-0.1, -0.05) is 0 Å². The summed E-state index contributed by atoms with van der Waals surface area (Å²) in [6.07, 6.45) is 3.19. The van der Waals surface area contributed by atoms with E-state index in [0.717, 1.165) is 25.9 Å². The van der Waals surface area contributed by atoms with E-state index in [1.165, 1.54) is 0 Å². The smallest absolute Gasteiger partial charge is 0.308 e. The van der Waals surface area contributed by atoms with Crippen molar-refractivity contribution >= 4 is 5.97 Å². The molecular formula is C7H10O3. The van der Waals surface area contributed by atoms with E-state index >= 15 is 0 Å². The zero-order valence-corrected chi connectivity index (χ0v) is 5.76. The maximum Gasteiger partial charge on any atom is 0.308 e. The molecule has 0 N–H and O–H groups in total. The molecule has 2 heterocycles. The Bertz CT molecular complexity index is 158. The largest absolute Gasteiger partial charge is 0.433 e. The Morgan fingerprint density at radius 2 is 2.30 bits per heavy atom. The van der Waals surface area contributed by atoms with E-state index in [1.807, 2.05) is 0 Å². The van der Waals surface area contributed by atoms with Gasteiger partial charge >= 0.3 is 5.97 Å². The third kappa shape index (κ3) is 0.814. The Balaban J connectivity index is 2.09. The lowest BCUT2D eigenvalue weighted by molar-refractivity contribution is -0.192. The van der Waals surface area contributed by atoms with Gasteiger partial charge in [0.05, 0.1) is 13.0 Å². The van der Waals surface area contributed by atoms with Gasteiger partial charge in [-0.05, 0) is 6.42 Å². The second kappa shape index (κ2) is 1.95. The molecule has 56 valence electrons. The molecule has 0 saturated carbocycles. The normalized spacial score (nSPS) is 39.0. The molecule has 2 aliphatic heterocycles. The minimum Gasteiger partial charge on any atom is -0.433 e. The maximum absolute atomic E-state index is 10.7. The van der Waals surface area contributed by atoms with Gasteiger partial charge in [0.15, 0.2) is 0 Å². The summed E-state index contributed by atoms with van der Waals surface area (Å²) in [5, 5.41) is 0. The highest BCUT2D eigenvalue weighted by Gasteiger charge is 2.43. The second-order valence-corrected chi connectivity index (χ2v) is 2.84. The molecule has 1 unspecified atom stereocenters. The first-order valence-electron chi connectivity index (χ1n) is 3.67. The molecular weight excluding hydrogens is 132 g/mol. The molecule has 0 radical (unpaired) electrons. The van der Waals surface area contributed by atoms with Gasteiger partial charge in [0.2, 0.25) is 5.79 Å². The molecule has 0 amide bonds. The van der Waals surface area contributed by atoms with Gasteiger partial charge in [0.25, 0.3) is 0 Å². The fraction of sp³-hybridized carbons (Fsp3) is 0.857. The van der Waals surface area contributed by atoms with Crippen molar-refractivity contribution in [2.75, 3.05) is 6.61 Å². The Hall–Kier alpha value is -0.570. The van der Waals surface area contributed by atoms with E-state index in [1.54, 1.807) is 0 Å². The van der Waals surface area contributed by atoms with Crippen LogP contribution in [0.1, 0.15) is 25.7 Å². The first-order valence-corrected chi connectivity index (χ1v) is 3.67. The average molecular weight is 142 g/mol. The lowest BCUT2D eigenvalue weighted by Crippen LogP contribution is -2.26. The quantitative estimate of drug-likeness (QED) is 0.470. The molecule has 1 spiro atoms. The molecule has 2 saturated heterocycles. The highest BCUT2D eigenvalue weighted by atomic mass is 16.7. The van der Waals surface area contributed by atoms with Crippen molar-refractivity contribution in [1.82, 2.24) is 0 Å². The molecule has 2 rings (SSSR count). The standard InChI is InChI=1S/C7H10O3/c8-6-2-4-7(10-6)3-1-5-9-7/h1-5H2. The van der Waals surface area contributed by atoms with Gasteiger partial charge in [-0.3, -0.25) is 4.79 Å². The number of carbonyl (C=O) groups is 1. The van der Waals surface area contributed by atoms with Crippen molar-refractivity contribution in [2.24, 2.45) is 0 Å². The zero-order chi connectivity index (χ0) is 7.03. The van der Waals surface area contributed by atoms with Crippen molar-refractivity contribution in [1.29, 1.82) is 0 Å². The lowest BCUT2D eigenvalue weighted by Gasteiger charge is -2.19. The molecule has 2 aliphatic rings. The summed E-state index contributed by atoms with van der Waals surface area (Å²) in [4.78, 5) is 10.7. The van der Waals surface area contributed by atoms with E-state index in [9.17, 15) is 4.79 Å². The number of rotatable bonds is 0. The number of ether oxygens (including phenoxy) is 2. The van der Waals surface area contributed by atoms with Crippen molar-refractivity contribution < 1.29 is 14.3 Å². The molecule has 3 heteroatoms. The molecule has 0 bridgehead atoms. The van der Waals surface area contributed by atoms with Crippen LogP contribution in [0.4, 0.5) is 0 Å². The Morgan fingerprint density at radius 3 is 2.80 bits per heavy atom. The molecule has 0 aromatic rings. The fourth-order valence-electron chi connectivity index (χ4n) is 1.55. The van der Waals surface area contributed by atoms with Crippen LogP contribution in [0, 0.1) is 0 Å². The van der Waals surface area contributed by atoms with E-state index < -0.39 is 5.79 Å². The van der Waals surface area contributed by atoms with Gasteiger partial charge in [0, 0.05) is 12.8 Å². The molecule has 2 fully saturated rings. The monoisotopic (exact) mass is 142 g/mol. The van der Waals surface area contributed by atoms with Crippen molar-refractivity contribution in [3.8, 4) is 0 Å². The Labute approximate surface area is 59.3 Å². The first kappa shape index (κ1) is 6.16. The third-order valence-electron chi connectivity index (χ3n) is 2.08. The lowest BCUT2D eigenvalue weighted by atomic mass is 10.1. The predicted molar refractivity (Wildman–Crippen MR) is 33.2 cm³/mol. The van der Waals surface area contributed by atoms with E-state index in [0.29, 0.717) is 6.42 Å². The number of hydrogen-bond donors (Lipinski definition) is 0. The third-order valence-corrected chi connectivity index (χ3v) is 2.08. The van der Waals surface area contributed by atoms with Crippen LogP contribution in [0.25, 0.3) is 0 Å². The predicted octanol–water partition coefficient (Wildman–Crippen LogP) is 0.830. The van der Waals surface area contributed by atoms with Crippen molar-refractivity contribution in [3.05, 3.63) is 0 Å². The van der Waals surface area contributed by atoms with Crippen LogP contribution in [0.3, 0.4) is 0 Å². The van der Waals surface area contributed by atoms with Gasteiger partial charge in [0.1, 0.15) is 0 Å². The SMILES string of the molecule is O=C1CCC2(CCCO2)O1. The molecule has 0 aromatic heterocycles. The molecule has 10 heavy (non-hydrogen) atoms. The summed E-state index contributed by atoms with van der Waals surface area (Å²) < 4.78 is 10.4. The summed E-state index contributed by atoms with van der Waals surface area (Å²) in [6, 6.07) is 0. The van der Waals surface area contributed by atoms with Gasteiger partial charge < -0.3 is 9.47 Å². The van der Waals surface area contributed by atoms with E-state index in [4.69, 9.17) is 9.47 Å². The summed E-state index contributed by atoms with van der Waals surface area (Å²) in [5.74, 6) is -0.598. The summed E-state index contributed by atoms with van der Waals surface area (Å²) in [5.41, 5.74) is 0. The number of carbonyl (C=O) groups excluding carboxylic acids is 1. The summed E-state index contributed by atoms with van der Waals surface area (Å²) >= 11 is 0. The number of esters is 1. The summed E-state index contributed by atoms with van der Waals surface area (Å²) in [6.45, 7) is 0.743. The fourth-order valence-corrected chi connectivity index (χ4v) is 1.55. The van der Waals surface area contributed by atoms with E-state index in [2.05, 4.69) is 0 Å². The molecule has 3 nitrogen and oxygen atoms in total. The minimum absolute atomic E-state index is 0.109. The second-order valence-electron chi connectivity index (χ2n) is 2.84. The molecule has 0 aliphatic carbocycles. The van der Waals surface area contributed by atoms with Crippen LogP contribution in [0.5, 0.6) is 0 Å². The van der Waals surface area contributed by atoms with Gasteiger partial charge in [-0.25, -0.2) is 0 Å². The first-order chi connectivity index (χ1) is 4.81. The highest BCUT2D eigenvalue weighted by Crippen LogP contribution is 2.36. The Morgan fingerprint density at radius 1 is 1.40 bits per heavy atom.